The Morgan fingerprint density at radius 3 is 1.50 bits per heavy atom. The number of carbonyl (C=O) groups is 1. The van der Waals surface area contributed by atoms with E-state index in [-0.39, 0.29) is 0 Å². The van der Waals surface area contributed by atoms with Gasteiger partial charge in [0.05, 0.1) is 0 Å². The molecule has 0 heterocycles. The SMILES string of the molecule is O=C(C(F)Cl)C(F)Cl. The van der Waals surface area contributed by atoms with Crippen molar-refractivity contribution in [3.63, 3.8) is 0 Å². The topological polar surface area (TPSA) is 17.1 Å². The Labute approximate surface area is 54.6 Å². The van der Waals surface area contributed by atoms with E-state index >= 15 is 0 Å². The average molecular weight is 163 g/mol. The zero-order valence-electron chi connectivity index (χ0n) is 3.57. The van der Waals surface area contributed by atoms with Crippen molar-refractivity contribution in [3.05, 3.63) is 0 Å². The number of halogens is 4. The van der Waals surface area contributed by atoms with E-state index in [9.17, 15) is 13.6 Å². The summed E-state index contributed by atoms with van der Waals surface area (Å²) in [5.74, 6) is -1.45. The van der Waals surface area contributed by atoms with Gasteiger partial charge in [0.2, 0.25) is 17.0 Å². The first-order valence-electron chi connectivity index (χ1n) is 1.65. The molecule has 5 heteroatoms. The van der Waals surface area contributed by atoms with Crippen molar-refractivity contribution in [3.8, 4) is 0 Å². The molecule has 0 N–H and O–H groups in total. The number of hydrogen-bond acceptors (Lipinski definition) is 1. The molecule has 0 fully saturated rings. The van der Waals surface area contributed by atoms with Crippen molar-refractivity contribution in [1.82, 2.24) is 0 Å². The molecule has 2 atom stereocenters. The van der Waals surface area contributed by atoms with Crippen molar-refractivity contribution in [2.24, 2.45) is 0 Å². The molecule has 0 aliphatic rings. The molecule has 0 amide bonds. The number of carbonyl (C=O) groups excluding carboxylic acids is 1. The fraction of sp³-hybridized carbons (Fsp3) is 0.667. The molecule has 0 aromatic rings. The Hall–Kier alpha value is 0.110. The van der Waals surface area contributed by atoms with Gasteiger partial charge >= 0.3 is 0 Å². The van der Waals surface area contributed by atoms with Crippen LogP contribution in [-0.4, -0.2) is 17.0 Å². The van der Waals surface area contributed by atoms with Gasteiger partial charge in [0, 0.05) is 0 Å². The molecule has 0 rings (SSSR count). The normalized spacial score (nSPS) is 17.5. The number of hydrogen-bond donors (Lipinski definition) is 0. The van der Waals surface area contributed by atoms with Gasteiger partial charge in [-0.25, -0.2) is 8.78 Å². The van der Waals surface area contributed by atoms with Crippen LogP contribution in [0.25, 0.3) is 0 Å². The number of rotatable bonds is 2. The van der Waals surface area contributed by atoms with E-state index in [0.717, 1.165) is 0 Å². The van der Waals surface area contributed by atoms with Gasteiger partial charge in [0.1, 0.15) is 0 Å². The van der Waals surface area contributed by atoms with Crippen LogP contribution in [0.4, 0.5) is 8.78 Å². The van der Waals surface area contributed by atoms with E-state index in [2.05, 4.69) is 23.2 Å². The lowest BCUT2D eigenvalue weighted by molar-refractivity contribution is -0.123. The summed E-state index contributed by atoms with van der Waals surface area (Å²) in [4.78, 5) is 9.83. The maximum Gasteiger partial charge on any atom is 0.235 e. The van der Waals surface area contributed by atoms with Crippen LogP contribution in [-0.2, 0) is 4.79 Å². The number of alkyl halides is 4. The molecule has 0 aliphatic heterocycles. The first-order valence-corrected chi connectivity index (χ1v) is 2.53. The summed E-state index contributed by atoms with van der Waals surface area (Å²) in [7, 11) is 0. The predicted octanol–water partition coefficient (Wildman–Crippen LogP) is 1.62. The second-order valence-corrected chi connectivity index (χ2v) is 1.77. The van der Waals surface area contributed by atoms with Crippen LogP contribution in [0.2, 0.25) is 0 Å². The summed E-state index contributed by atoms with van der Waals surface area (Å²) in [6.07, 6.45) is 0. The lowest BCUT2D eigenvalue weighted by Gasteiger charge is -1.94. The lowest BCUT2D eigenvalue weighted by atomic mass is 10.5. The monoisotopic (exact) mass is 162 g/mol. The van der Waals surface area contributed by atoms with E-state index in [1.165, 1.54) is 0 Å². The molecule has 0 saturated heterocycles. The number of Topliss-reactive ketones (excluding diaryl/α,β-unsaturated/α-hetero) is 1. The highest BCUT2D eigenvalue weighted by Crippen LogP contribution is 2.07. The van der Waals surface area contributed by atoms with Crippen molar-refractivity contribution in [2.45, 2.75) is 11.3 Å². The third-order valence-electron chi connectivity index (χ3n) is 0.430. The van der Waals surface area contributed by atoms with Gasteiger partial charge in [-0.15, -0.1) is 0 Å². The largest absolute Gasteiger partial charge is 0.290 e. The van der Waals surface area contributed by atoms with Crippen molar-refractivity contribution in [2.75, 3.05) is 0 Å². The van der Waals surface area contributed by atoms with Crippen molar-refractivity contribution >= 4 is 29.0 Å². The van der Waals surface area contributed by atoms with Gasteiger partial charge in [-0.05, 0) is 0 Å². The maximum atomic E-state index is 11.4. The molecule has 0 bridgehead atoms. The minimum atomic E-state index is -2.33. The molecule has 8 heavy (non-hydrogen) atoms. The van der Waals surface area contributed by atoms with E-state index in [1.807, 2.05) is 0 Å². The van der Waals surface area contributed by atoms with Gasteiger partial charge in [-0.3, -0.25) is 4.79 Å². The van der Waals surface area contributed by atoms with E-state index in [1.54, 1.807) is 0 Å². The molecule has 0 radical (unpaired) electrons. The molecule has 0 saturated carbocycles. The van der Waals surface area contributed by atoms with Crippen LogP contribution in [0.15, 0.2) is 0 Å². The second kappa shape index (κ2) is 3.20. The first-order chi connectivity index (χ1) is 3.55. The summed E-state index contributed by atoms with van der Waals surface area (Å²) in [5, 5.41) is 0. The molecule has 0 aromatic carbocycles. The van der Waals surface area contributed by atoms with Gasteiger partial charge < -0.3 is 0 Å². The van der Waals surface area contributed by atoms with Crippen molar-refractivity contribution in [1.29, 1.82) is 0 Å². The van der Waals surface area contributed by atoms with Crippen molar-refractivity contribution < 1.29 is 13.6 Å². The highest BCUT2D eigenvalue weighted by atomic mass is 35.5. The lowest BCUT2D eigenvalue weighted by Crippen LogP contribution is -2.16. The highest BCUT2D eigenvalue weighted by Gasteiger charge is 2.21. The Bertz CT molecular complexity index is 83.3. The summed E-state index contributed by atoms with van der Waals surface area (Å²) >= 11 is 8.97. The van der Waals surface area contributed by atoms with Crippen LogP contribution in [0.3, 0.4) is 0 Å². The zero-order chi connectivity index (χ0) is 6.73. The fourth-order valence-electron chi connectivity index (χ4n) is 0.0952. The summed E-state index contributed by atoms with van der Waals surface area (Å²) < 4.78 is 22.9. The minimum absolute atomic E-state index is 1.45. The molecule has 0 aliphatic carbocycles. The predicted molar refractivity (Wildman–Crippen MR) is 26.5 cm³/mol. The van der Waals surface area contributed by atoms with Crippen LogP contribution < -0.4 is 0 Å². The highest BCUT2D eigenvalue weighted by molar-refractivity contribution is 6.38. The van der Waals surface area contributed by atoms with Gasteiger partial charge in [0.15, 0.2) is 0 Å². The van der Waals surface area contributed by atoms with Gasteiger partial charge in [-0.2, -0.15) is 0 Å². The smallest absolute Gasteiger partial charge is 0.235 e. The molecule has 48 valence electrons. The fourth-order valence-corrected chi connectivity index (χ4v) is 0.381. The molecule has 0 spiro atoms. The van der Waals surface area contributed by atoms with Gasteiger partial charge in [-0.1, -0.05) is 23.2 Å². The zero-order valence-corrected chi connectivity index (χ0v) is 5.09. The molecule has 0 aromatic heterocycles. The first kappa shape index (κ1) is 8.11. The average Bonchev–Trinajstić information content (AvgIpc) is 1.64. The Morgan fingerprint density at radius 2 is 1.50 bits per heavy atom. The summed E-state index contributed by atoms with van der Waals surface area (Å²) in [6, 6.07) is 0. The van der Waals surface area contributed by atoms with Crippen LogP contribution in [0, 0.1) is 0 Å². The maximum absolute atomic E-state index is 11.4. The Kier molecular flexibility index (Phi) is 3.24. The standard InChI is InChI=1S/C3H2Cl2F2O/c4-2(6)1(8)3(5)7/h2-3H. The third-order valence-corrected chi connectivity index (χ3v) is 0.860. The van der Waals surface area contributed by atoms with Gasteiger partial charge in [0.25, 0.3) is 0 Å². The Balaban J connectivity index is 3.65. The second-order valence-electron chi connectivity index (χ2n) is 1.00. The molecular weight excluding hydrogens is 161 g/mol. The van der Waals surface area contributed by atoms with Crippen LogP contribution in [0.5, 0.6) is 0 Å². The summed E-state index contributed by atoms with van der Waals surface area (Å²) in [6.45, 7) is 0. The van der Waals surface area contributed by atoms with Crippen LogP contribution in [0.1, 0.15) is 0 Å². The summed E-state index contributed by atoms with van der Waals surface area (Å²) in [5.41, 5.74) is -4.66. The van der Waals surface area contributed by atoms with Crippen LogP contribution >= 0.6 is 23.2 Å². The quantitative estimate of drug-likeness (QED) is 0.565. The minimum Gasteiger partial charge on any atom is -0.290 e. The van der Waals surface area contributed by atoms with E-state index < -0.39 is 17.0 Å². The molecule has 1 nitrogen and oxygen atoms in total. The Morgan fingerprint density at radius 1 is 1.25 bits per heavy atom. The third kappa shape index (κ3) is 2.43. The van der Waals surface area contributed by atoms with E-state index in [0.29, 0.717) is 0 Å². The number of ketones is 1. The molecular formula is C3H2Cl2F2O. The van der Waals surface area contributed by atoms with E-state index in [4.69, 9.17) is 0 Å². The molecule has 2 unspecified atom stereocenters.